The van der Waals surface area contributed by atoms with E-state index in [0.29, 0.717) is 0 Å². The van der Waals surface area contributed by atoms with Crippen LogP contribution in [-0.2, 0) is 13.6 Å². The van der Waals surface area contributed by atoms with Crippen molar-refractivity contribution in [3.8, 4) is 11.5 Å². The van der Waals surface area contributed by atoms with E-state index in [1.165, 1.54) is 10.4 Å². The summed E-state index contributed by atoms with van der Waals surface area (Å²) in [6, 6.07) is 8.01. The van der Waals surface area contributed by atoms with Gasteiger partial charge in [0.1, 0.15) is 17.3 Å². The lowest BCUT2D eigenvalue weighted by atomic mass is 10.0. The van der Waals surface area contributed by atoms with Crippen LogP contribution in [0.25, 0.3) is 0 Å². The number of thiophene rings is 1. The lowest BCUT2D eigenvalue weighted by Crippen LogP contribution is -2.24. The van der Waals surface area contributed by atoms with Crippen molar-refractivity contribution in [3.63, 3.8) is 0 Å². The molecule has 0 aliphatic rings. The maximum absolute atomic E-state index is 5.43. The number of benzene rings is 1. The van der Waals surface area contributed by atoms with Crippen LogP contribution in [0.1, 0.15) is 27.9 Å². The van der Waals surface area contributed by atoms with E-state index in [1.807, 2.05) is 42.2 Å². The molecule has 132 valence electrons. The van der Waals surface area contributed by atoms with Crippen molar-refractivity contribution in [2.75, 3.05) is 14.2 Å². The topological polar surface area (TPSA) is 48.3 Å². The summed E-state index contributed by atoms with van der Waals surface area (Å²) in [5.74, 6) is 2.48. The normalized spacial score (nSPS) is 12.2. The fourth-order valence-corrected chi connectivity index (χ4v) is 3.65. The van der Waals surface area contributed by atoms with Crippen molar-refractivity contribution in [1.82, 2.24) is 14.9 Å². The first-order valence-corrected chi connectivity index (χ1v) is 8.97. The van der Waals surface area contributed by atoms with E-state index in [1.54, 1.807) is 25.6 Å². The Bertz CT molecular complexity index is 819. The molecule has 0 aliphatic heterocycles. The van der Waals surface area contributed by atoms with Crippen molar-refractivity contribution >= 4 is 11.3 Å². The van der Waals surface area contributed by atoms with Crippen LogP contribution in [-0.4, -0.2) is 23.8 Å². The first-order valence-electron chi connectivity index (χ1n) is 8.09. The predicted octanol–water partition coefficient (Wildman–Crippen LogP) is 3.69. The monoisotopic (exact) mass is 357 g/mol. The first kappa shape index (κ1) is 17.5. The Labute approximate surface area is 152 Å². The fraction of sp³-hybridized carbons (Fsp3) is 0.316. The Balaban J connectivity index is 1.96. The molecule has 1 N–H and O–H groups in total. The van der Waals surface area contributed by atoms with Crippen LogP contribution < -0.4 is 14.8 Å². The minimum atomic E-state index is -0.0644. The zero-order chi connectivity index (χ0) is 17.8. The number of nitrogens with one attached hydrogen (secondary N) is 1. The molecule has 6 heteroatoms. The van der Waals surface area contributed by atoms with E-state index in [9.17, 15) is 0 Å². The van der Waals surface area contributed by atoms with Crippen LogP contribution in [0.3, 0.4) is 0 Å². The summed E-state index contributed by atoms with van der Waals surface area (Å²) in [5.41, 5.74) is 2.36. The summed E-state index contributed by atoms with van der Waals surface area (Å²) in [5, 5.41) is 5.76. The smallest absolute Gasteiger partial charge is 0.130 e. The second-order valence-electron chi connectivity index (χ2n) is 5.88. The summed E-state index contributed by atoms with van der Waals surface area (Å²) in [4.78, 5) is 5.88. The van der Waals surface area contributed by atoms with Gasteiger partial charge in [-0.25, -0.2) is 4.98 Å². The number of ether oxygens (including phenoxy) is 2. The summed E-state index contributed by atoms with van der Waals surface area (Å²) < 4.78 is 12.9. The fourth-order valence-electron chi connectivity index (χ4n) is 2.79. The van der Waals surface area contributed by atoms with Gasteiger partial charge in [0.25, 0.3) is 0 Å². The standard InChI is InChI=1S/C19H23N3O2S/c1-13-5-8-25-17(13)12-21-18(19-20-6-7-22(19)2)14-9-15(23-3)11-16(10-14)24-4/h5-11,18,21H,12H2,1-4H3. The van der Waals surface area contributed by atoms with E-state index >= 15 is 0 Å². The van der Waals surface area contributed by atoms with Crippen molar-refractivity contribution in [1.29, 1.82) is 0 Å². The van der Waals surface area contributed by atoms with E-state index in [0.717, 1.165) is 29.4 Å². The van der Waals surface area contributed by atoms with E-state index in [2.05, 4.69) is 28.7 Å². The van der Waals surface area contributed by atoms with Gasteiger partial charge in [-0.15, -0.1) is 11.3 Å². The van der Waals surface area contributed by atoms with Gasteiger partial charge in [0.05, 0.1) is 20.3 Å². The average molecular weight is 357 g/mol. The molecule has 2 aromatic heterocycles. The summed E-state index contributed by atoms with van der Waals surface area (Å²) in [7, 11) is 5.33. The van der Waals surface area contributed by atoms with Crippen molar-refractivity contribution in [3.05, 3.63) is 63.9 Å². The Kier molecular flexibility index (Phi) is 5.40. The molecule has 3 aromatic rings. The molecular formula is C19H23N3O2S. The van der Waals surface area contributed by atoms with Gasteiger partial charge in [-0.1, -0.05) is 0 Å². The molecular weight excluding hydrogens is 334 g/mol. The molecule has 0 aliphatic carbocycles. The molecule has 3 rings (SSSR count). The van der Waals surface area contributed by atoms with Crippen LogP contribution in [0.5, 0.6) is 11.5 Å². The van der Waals surface area contributed by atoms with Crippen LogP contribution in [0.2, 0.25) is 0 Å². The van der Waals surface area contributed by atoms with E-state index in [-0.39, 0.29) is 6.04 Å². The number of hydrogen-bond acceptors (Lipinski definition) is 5. The predicted molar refractivity (Wildman–Crippen MR) is 100 cm³/mol. The van der Waals surface area contributed by atoms with Gasteiger partial charge in [0.2, 0.25) is 0 Å². The van der Waals surface area contributed by atoms with Gasteiger partial charge < -0.3 is 14.0 Å². The second-order valence-corrected chi connectivity index (χ2v) is 6.88. The lowest BCUT2D eigenvalue weighted by molar-refractivity contribution is 0.392. The molecule has 1 unspecified atom stereocenters. The number of methoxy groups -OCH3 is 2. The molecule has 0 amide bonds. The van der Waals surface area contributed by atoms with Gasteiger partial charge in [0, 0.05) is 36.9 Å². The van der Waals surface area contributed by atoms with Crippen molar-refractivity contribution < 1.29 is 9.47 Å². The molecule has 5 nitrogen and oxygen atoms in total. The summed E-state index contributed by atoms with van der Waals surface area (Å²) in [6.45, 7) is 2.92. The van der Waals surface area contributed by atoms with Crippen LogP contribution in [0, 0.1) is 6.92 Å². The third-order valence-corrected chi connectivity index (χ3v) is 5.28. The van der Waals surface area contributed by atoms with Gasteiger partial charge in [-0.05, 0) is 41.6 Å². The number of nitrogens with zero attached hydrogens (tertiary/aromatic N) is 2. The van der Waals surface area contributed by atoms with Gasteiger partial charge in [-0.2, -0.15) is 0 Å². The number of aryl methyl sites for hydroxylation is 2. The third-order valence-electron chi connectivity index (χ3n) is 4.26. The Hall–Kier alpha value is -2.31. The lowest BCUT2D eigenvalue weighted by Gasteiger charge is -2.20. The second kappa shape index (κ2) is 7.72. The van der Waals surface area contributed by atoms with Gasteiger partial charge in [-0.3, -0.25) is 5.32 Å². The zero-order valence-electron chi connectivity index (χ0n) is 14.9. The SMILES string of the molecule is COc1cc(OC)cc(C(NCc2sccc2C)c2nccn2C)c1. The number of aromatic nitrogens is 2. The van der Waals surface area contributed by atoms with Crippen LogP contribution >= 0.6 is 11.3 Å². The number of hydrogen-bond donors (Lipinski definition) is 1. The summed E-state index contributed by atoms with van der Waals surface area (Å²) in [6.07, 6.45) is 3.77. The highest BCUT2D eigenvalue weighted by atomic mass is 32.1. The van der Waals surface area contributed by atoms with Crippen LogP contribution in [0.4, 0.5) is 0 Å². The van der Waals surface area contributed by atoms with E-state index < -0.39 is 0 Å². The average Bonchev–Trinajstić information content (AvgIpc) is 3.23. The third kappa shape index (κ3) is 3.86. The molecule has 1 atom stereocenters. The molecule has 0 saturated heterocycles. The number of rotatable bonds is 7. The van der Waals surface area contributed by atoms with E-state index in [4.69, 9.17) is 9.47 Å². The Morgan fingerprint density at radius 1 is 1.20 bits per heavy atom. The Morgan fingerprint density at radius 2 is 1.92 bits per heavy atom. The van der Waals surface area contributed by atoms with Gasteiger partial charge >= 0.3 is 0 Å². The molecule has 0 bridgehead atoms. The molecule has 2 heterocycles. The highest BCUT2D eigenvalue weighted by Crippen LogP contribution is 2.30. The first-order chi connectivity index (χ1) is 12.1. The highest BCUT2D eigenvalue weighted by Gasteiger charge is 2.20. The molecule has 0 fully saturated rings. The molecule has 25 heavy (non-hydrogen) atoms. The molecule has 0 radical (unpaired) electrons. The highest BCUT2D eigenvalue weighted by molar-refractivity contribution is 7.10. The zero-order valence-corrected chi connectivity index (χ0v) is 15.8. The van der Waals surface area contributed by atoms with Crippen molar-refractivity contribution in [2.45, 2.75) is 19.5 Å². The Morgan fingerprint density at radius 3 is 2.44 bits per heavy atom. The maximum Gasteiger partial charge on any atom is 0.130 e. The van der Waals surface area contributed by atoms with Gasteiger partial charge in [0.15, 0.2) is 0 Å². The summed E-state index contributed by atoms with van der Waals surface area (Å²) >= 11 is 1.76. The molecule has 1 aromatic carbocycles. The minimum absolute atomic E-state index is 0.0644. The van der Waals surface area contributed by atoms with Crippen LogP contribution in [0.15, 0.2) is 42.0 Å². The molecule has 0 spiro atoms. The minimum Gasteiger partial charge on any atom is -0.497 e. The maximum atomic E-state index is 5.43. The molecule has 0 saturated carbocycles. The quantitative estimate of drug-likeness (QED) is 0.701. The largest absolute Gasteiger partial charge is 0.497 e. The van der Waals surface area contributed by atoms with Crippen molar-refractivity contribution in [2.24, 2.45) is 7.05 Å². The number of imidazole rings is 1.